The van der Waals surface area contributed by atoms with Gasteiger partial charge in [0.1, 0.15) is 5.69 Å². The van der Waals surface area contributed by atoms with Gasteiger partial charge in [-0.3, -0.25) is 19.7 Å². The fraction of sp³-hybridized carbons (Fsp3) is 0.333. The van der Waals surface area contributed by atoms with E-state index in [4.69, 9.17) is 0 Å². The van der Waals surface area contributed by atoms with E-state index in [9.17, 15) is 19.7 Å². The maximum absolute atomic E-state index is 12.3. The number of hydrogen-bond acceptors (Lipinski definition) is 5. The van der Waals surface area contributed by atoms with E-state index in [1.54, 1.807) is 17.0 Å². The van der Waals surface area contributed by atoms with Crippen LogP contribution in [-0.4, -0.2) is 41.3 Å². The molecular formula is C21H24N4O4. The van der Waals surface area contributed by atoms with Gasteiger partial charge in [-0.15, -0.1) is 0 Å². The number of nitro benzene ring substituents is 1. The van der Waals surface area contributed by atoms with Crippen LogP contribution in [0.1, 0.15) is 35.2 Å². The minimum absolute atomic E-state index is 0.142. The third kappa shape index (κ3) is 5.54. The molecule has 2 aromatic rings. The van der Waals surface area contributed by atoms with Crippen molar-refractivity contribution in [2.24, 2.45) is 0 Å². The van der Waals surface area contributed by atoms with Crippen molar-refractivity contribution in [3.8, 4) is 0 Å². The number of likely N-dealkylation sites (tertiary alicyclic amines) is 1. The van der Waals surface area contributed by atoms with Crippen LogP contribution in [0.3, 0.4) is 0 Å². The standard InChI is InChI=1S/C21H24N4O4/c26-20-8-4-12-24(20)13-5-11-22-21(27)17-9-10-18(19(14-17)25(28)29)23-15-16-6-2-1-3-7-16/h1-3,6-7,9-10,14,23H,4-5,8,11-13,15H2,(H,22,27). The van der Waals surface area contributed by atoms with Gasteiger partial charge in [-0.05, 0) is 30.5 Å². The smallest absolute Gasteiger partial charge is 0.293 e. The van der Waals surface area contributed by atoms with Crippen molar-refractivity contribution in [3.05, 3.63) is 69.8 Å². The molecule has 1 aliphatic rings. The summed E-state index contributed by atoms with van der Waals surface area (Å²) in [5, 5.41) is 17.3. The number of nitrogens with one attached hydrogen (secondary N) is 2. The van der Waals surface area contributed by atoms with E-state index in [1.807, 2.05) is 30.3 Å². The topological polar surface area (TPSA) is 105 Å². The number of amides is 2. The van der Waals surface area contributed by atoms with Crippen molar-refractivity contribution < 1.29 is 14.5 Å². The summed E-state index contributed by atoms with van der Waals surface area (Å²) >= 11 is 0. The molecule has 0 saturated carbocycles. The number of carbonyl (C=O) groups is 2. The molecule has 1 saturated heterocycles. The van der Waals surface area contributed by atoms with E-state index in [-0.39, 0.29) is 23.1 Å². The molecule has 1 heterocycles. The SMILES string of the molecule is O=C(NCCCN1CCCC1=O)c1ccc(NCc2ccccc2)c([N+](=O)[O-])c1. The summed E-state index contributed by atoms with van der Waals surface area (Å²) < 4.78 is 0. The lowest BCUT2D eigenvalue weighted by Gasteiger charge is -2.15. The second-order valence-corrected chi connectivity index (χ2v) is 6.92. The lowest BCUT2D eigenvalue weighted by Crippen LogP contribution is -2.30. The van der Waals surface area contributed by atoms with Gasteiger partial charge in [-0.25, -0.2) is 0 Å². The molecule has 0 bridgehead atoms. The van der Waals surface area contributed by atoms with Gasteiger partial charge in [0.05, 0.1) is 4.92 Å². The normalized spacial score (nSPS) is 13.4. The Morgan fingerprint density at radius 3 is 2.66 bits per heavy atom. The zero-order chi connectivity index (χ0) is 20.6. The van der Waals surface area contributed by atoms with Crippen LogP contribution < -0.4 is 10.6 Å². The molecule has 8 heteroatoms. The predicted molar refractivity (Wildman–Crippen MR) is 110 cm³/mol. The van der Waals surface area contributed by atoms with E-state index in [0.29, 0.717) is 38.2 Å². The summed E-state index contributed by atoms with van der Waals surface area (Å²) in [6.45, 7) is 2.24. The Balaban J connectivity index is 1.56. The second-order valence-electron chi connectivity index (χ2n) is 6.92. The highest BCUT2D eigenvalue weighted by molar-refractivity contribution is 5.95. The summed E-state index contributed by atoms with van der Waals surface area (Å²) in [5.41, 5.74) is 1.46. The molecule has 2 N–H and O–H groups in total. The van der Waals surface area contributed by atoms with Gasteiger partial charge in [0.2, 0.25) is 5.91 Å². The Kier molecular flexibility index (Phi) is 6.78. The van der Waals surface area contributed by atoms with E-state index in [1.165, 1.54) is 6.07 Å². The minimum Gasteiger partial charge on any atom is -0.375 e. The molecule has 0 radical (unpaired) electrons. The molecule has 0 spiro atoms. The van der Waals surface area contributed by atoms with Crippen LogP contribution in [0, 0.1) is 10.1 Å². The lowest BCUT2D eigenvalue weighted by atomic mass is 10.1. The minimum atomic E-state index is -0.497. The van der Waals surface area contributed by atoms with Gasteiger partial charge >= 0.3 is 0 Å². The molecule has 2 amide bonds. The van der Waals surface area contributed by atoms with Crippen LogP contribution in [0.2, 0.25) is 0 Å². The molecule has 1 aliphatic heterocycles. The highest BCUT2D eigenvalue weighted by atomic mass is 16.6. The van der Waals surface area contributed by atoms with Crippen molar-refractivity contribution in [1.82, 2.24) is 10.2 Å². The van der Waals surface area contributed by atoms with Gasteiger partial charge in [-0.2, -0.15) is 0 Å². The van der Waals surface area contributed by atoms with E-state index in [0.717, 1.165) is 18.5 Å². The van der Waals surface area contributed by atoms with Gasteiger partial charge < -0.3 is 15.5 Å². The Bertz CT molecular complexity index is 886. The summed E-state index contributed by atoms with van der Waals surface area (Å²) in [7, 11) is 0. The molecule has 152 valence electrons. The largest absolute Gasteiger partial charge is 0.375 e. The molecule has 0 unspecified atom stereocenters. The highest BCUT2D eigenvalue weighted by Gasteiger charge is 2.20. The molecule has 29 heavy (non-hydrogen) atoms. The molecule has 0 atom stereocenters. The van der Waals surface area contributed by atoms with Gasteiger partial charge in [0, 0.05) is 44.2 Å². The Morgan fingerprint density at radius 2 is 1.97 bits per heavy atom. The first-order valence-electron chi connectivity index (χ1n) is 9.67. The van der Waals surface area contributed by atoms with Crippen molar-refractivity contribution >= 4 is 23.2 Å². The molecule has 3 rings (SSSR count). The van der Waals surface area contributed by atoms with Crippen LogP contribution in [0.25, 0.3) is 0 Å². The van der Waals surface area contributed by atoms with Crippen molar-refractivity contribution in [3.63, 3.8) is 0 Å². The molecule has 0 aromatic heterocycles. The maximum atomic E-state index is 12.3. The quantitative estimate of drug-likeness (QED) is 0.385. The number of anilines is 1. The number of nitro groups is 1. The number of nitrogens with zero attached hydrogens (tertiary/aromatic N) is 2. The van der Waals surface area contributed by atoms with Crippen molar-refractivity contribution in [2.75, 3.05) is 25.0 Å². The summed E-state index contributed by atoms with van der Waals surface area (Å²) in [4.78, 5) is 36.6. The molecule has 8 nitrogen and oxygen atoms in total. The molecular weight excluding hydrogens is 372 g/mol. The average molecular weight is 396 g/mol. The fourth-order valence-electron chi connectivity index (χ4n) is 3.28. The number of carbonyl (C=O) groups excluding carboxylic acids is 2. The summed E-state index contributed by atoms with van der Waals surface area (Å²) in [6.07, 6.45) is 2.14. The zero-order valence-electron chi connectivity index (χ0n) is 16.1. The van der Waals surface area contributed by atoms with E-state index in [2.05, 4.69) is 10.6 Å². The number of hydrogen-bond donors (Lipinski definition) is 2. The van der Waals surface area contributed by atoms with Crippen molar-refractivity contribution in [2.45, 2.75) is 25.8 Å². The van der Waals surface area contributed by atoms with E-state index < -0.39 is 4.92 Å². The first-order valence-corrected chi connectivity index (χ1v) is 9.67. The van der Waals surface area contributed by atoms with Crippen molar-refractivity contribution in [1.29, 1.82) is 0 Å². The Morgan fingerprint density at radius 1 is 1.17 bits per heavy atom. The predicted octanol–water partition coefficient (Wildman–Crippen LogP) is 2.95. The molecule has 2 aromatic carbocycles. The lowest BCUT2D eigenvalue weighted by molar-refractivity contribution is -0.384. The van der Waals surface area contributed by atoms with Gasteiger partial charge in [0.15, 0.2) is 0 Å². The summed E-state index contributed by atoms with van der Waals surface area (Å²) in [5.74, 6) is -0.207. The van der Waals surface area contributed by atoms with Crippen LogP contribution >= 0.6 is 0 Å². The first-order chi connectivity index (χ1) is 14.0. The van der Waals surface area contributed by atoms with Crippen LogP contribution in [0.5, 0.6) is 0 Å². The molecule has 0 aliphatic carbocycles. The summed E-state index contributed by atoms with van der Waals surface area (Å²) in [6, 6.07) is 14.0. The number of rotatable bonds is 9. The maximum Gasteiger partial charge on any atom is 0.293 e. The second kappa shape index (κ2) is 9.68. The zero-order valence-corrected chi connectivity index (χ0v) is 16.1. The van der Waals surface area contributed by atoms with Gasteiger partial charge in [-0.1, -0.05) is 30.3 Å². The number of benzene rings is 2. The van der Waals surface area contributed by atoms with Crippen LogP contribution in [-0.2, 0) is 11.3 Å². The fourth-order valence-corrected chi connectivity index (χ4v) is 3.28. The third-order valence-corrected chi connectivity index (χ3v) is 4.84. The monoisotopic (exact) mass is 396 g/mol. The highest BCUT2D eigenvalue weighted by Crippen LogP contribution is 2.26. The first kappa shape index (κ1) is 20.3. The Labute approximate surface area is 169 Å². The Hall–Kier alpha value is -3.42. The van der Waals surface area contributed by atoms with Crippen LogP contribution in [0.4, 0.5) is 11.4 Å². The third-order valence-electron chi connectivity index (χ3n) is 4.84. The van der Waals surface area contributed by atoms with Gasteiger partial charge in [0.25, 0.3) is 11.6 Å². The molecule has 1 fully saturated rings. The average Bonchev–Trinajstić information content (AvgIpc) is 3.14. The van der Waals surface area contributed by atoms with Crippen LogP contribution in [0.15, 0.2) is 48.5 Å². The van der Waals surface area contributed by atoms with E-state index >= 15 is 0 Å².